The molecule has 2 aliphatic heterocycles. The number of ether oxygens (including phenoxy) is 4. The van der Waals surface area contributed by atoms with Crippen molar-refractivity contribution in [3.05, 3.63) is 59.7 Å². The van der Waals surface area contributed by atoms with Crippen LogP contribution in [0.3, 0.4) is 0 Å². The van der Waals surface area contributed by atoms with E-state index in [1.54, 1.807) is 0 Å². The summed E-state index contributed by atoms with van der Waals surface area (Å²) in [5, 5.41) is 19.6. The first-order valence-corrected chi connectivity index (χ1v) is 9.99. The average Bonchev–Trinajstić information content (AvgIpc) is 3.63. The summed E-state index contributed by atoms with van der Waals surface area (Å²) in [6, 6.07) is 15.9. The summed E-state index contributed by atoms with van der Waals surface area (Å²) in [4.78, 5) is 0. The van der Waals surface area contributed by atoms with Crippen LogP contribution in [0.4, 0.5) is 0 Å². The minimum atomic E-state index is -0.579. The fourth-order valence-corrected chi connectivity index (χ4v) is 3.24. The molecule has 0 aromatic heterocycles. The summed E-state index contributed by atoms with van der Waals surface area (Å²) in [6.45, 7) is 6.02. The molecule has 2 saturated heterocycles. The van der Waals surface area contributed by atoms with E-state index >= 15 is 0 Å². The monoisotopic (exact) mass is 400 g/mol. The summed E-state index contributed by atoms with van der Waals surface area (Å²) < 4.78 is 21.4. The van der Waals surface area contributed by atoms with Gasteiger partial charge in [-0.3, -0.25) is 0 Å². The van der Waals surface area contributed by atoms with Crippen LogP contribution in [0.25, 0.3) is 0 Å². The third-order valence-corrected chi connectivity index (χ3v) is 5.57. The van der Waals surface area contributed by atoms with Crippen LogP contribution in [0.5, 0.6) is 11.5 Å². The Morgan fingerprint density at radius 2 is 1.14 bits per heavy atom. The summed E-state index contributed by atoms with van der Waals surface area (Å²) in [6.07, 6.45) is -1.31. The molecule has 0 bridgehead atoms. The highest BCUT2D eigenvalue weighted by molar-refractivity contribution is 5.41. The molecule has 4 unspecified atom stereocenters. The van der Waals surface area contributed by atoms with Crippen molar-refractivity contribution in [2.24, 2.45) is 0 Å². The van der Waals surface area contributed by atoms with E-state index in [0.717, 1.165) is 22.6 Å². The molecule has 2 aromatic carbocycles. The molecule has 0 aliphatic carbocycles. The van der Waals surface area contributed by atoms with E-state index in [-0.39, 0.29) is 30.8 Å². The number of hydrogen-bond donors (Lipinski definition) is 2. The molecule has 2 fully saturated rings. The van der Waals surface area contributed by atoms with E-state index < -0.39 is 12.2 Å². The number of benzene rings is 2. The van der Waals surface area contributed by atoms with Crippen molar-refractivity contribution in [2.75, 3.05) is 26.4 Å². The summed E-state index contributed by atoms with van der Waals surface area (Å²) in [5.74, 6) is 1.46. The van der Waals surface area contributed by atoms with E-state index in [4.69, 9.17) is 18.9 Å². The van der Waals surface area contributed by atoms with Gasteiger partial charge in [0.25, 0.3) is 0 Å². The van der Waals surface area contributed by atoms with Crippen LogP contribution in [-0.2, 0) is 14.9 Å². The normalized spacial score (nSPS) is 22.6. The van der Waals surface area contributed by atoms with Crippen LogP contribution in [0.15, 0.2) is 48.5 Å². The molecule has 0 radical (unpaired) electrons. The Morgan fingerprint density at radius 3 is 1.45 bits per heavy atom. The predicted molar refractivity (Wildman–Crippen MR) is 107 cm³/mol. The van der Waals surface area contributed by atoms with Gasteiger partial charge >= 0.3 is 0 Å². The van der Waals surface area contributed by atoms with E-state index in [2.05, 4.69) is 13.8 Å². The SMILES string of the molecule is CC(C)(c1ccc(OCC(O)C2CO2)cc1)c1ccc(OCC(O)C2CO2)cc1. The van der Waals surface area contributed by atoms with Crippen molar-refractivity contribution in [3.63, 3.8) is 0 Å². The number of rotatable bonds is 10. The molecule has 4 rings (SSSR count). The molecule has 2 aliphatic rings. The maximum Gasteiger partial charge on any atom is 0.119 e. The van der Waals surface area contributed by atoms with Crippen LogP contribution in [0.1, 0.15) is 25.0 Å². The van der Waals surface area contributed by atoms with Crippen molar-refractivity contribution in [1.82, 2.24) is 0 Å². The molecule has 29 heavy (non-hydrogen) atoms. The zero-order chi connectivity index (χ0) is 20.4. The Bertz CT molecular complexity index is 726. The highest BCUT2D eigenvalue weighted by atomic mass is 16.6. The van der Waals surface area contributed by atoms with Crippen LogP contribution in [-0.4, -0.2) is 61.1 Å². The van der Waals surface area contributed by atoms with Gasteiger partial charge in [0.2, 0.25) is 0 Å². The second-order valence-corrected chi connectivity index (χ2v) is 8.17. The third kappa shape index (κ3) is 5.08. The Kier molecular flexibility index (Phi) is 5.79. The van der Waals surface area contributed by atoms with Crippen molar-refractivity contribution in [3.8, 4) is 11.5 Å². The standard InChI is InChI=1S/C23H28O6/c1-23(2,15-3-7-17(8-4-15)26-11-19(24)21-13-28-21)16-5-9-18(10-6-16)27-12-20(25)22-14-29-22/h3-10,19-22,24-25H,11-14H2,1-2H3. The van der Waals surface area contributed by atoms with E-state index in [9.17, 15) is 10.2 Å². The maximum absolute atomic E-state index is 9.82. The van der Waals surface area contributed by atoms with Gasteiger partial charge in [-0.25, -0.2) is 0 Å². The topological polar surface area (TPSA) is 84.0 Å². The highest BCUT2D eigenvalue weighted by Gasteiger charge is 2.32. The third-order valence-electron chi connectivity index (χ3n) is 5.57. The Hall–Kier alpha value is -2.12. The minimum Gasteiger partial charge on any atom is -0.491 e. The van der Waals surface area contributed by atoms with Gasteiger partial charge in [0.1, 0.15) is 49.1 Å². The summed E-state index contributed by atoms with van der Waals surface area (Å²) in [7, 11) is 0. The molecule has 156 valence electrons. The van der Waals surface area contributed by atoms with Crippen molar-refractivity contribution >= 4 is 0 Å². The van der Waals surface area contributed by atoms with E-state index in [0.29, 0.717) is 13.2 Å². The number of aliphatic hydroxyl groups excluding tert-OH is 2. The lowest BCUT2D eigenvalue weighted by molar-refractivity contribution is 0.0809. The lowest BCUT2D eigenvalue weighted by Gasteiger charge is -2.26. The van der Waals surface area contributed by atoms with Gasteiger partial charge in [-0.2, -0.15) is 0 Å². The van der Waals surface area contributed by atoms with Gasteiger partial charge in [0, 0.05) is 5.41 Å². The van der Waals surface area contributed by atoms with Crippen LogP contribution < -0.4 is 9.47 Å². The number of aliphatic hydroxyl groups is 2. The number of epoxide rings is 2. The highest BCUT2D eigenvalue weighted by Crippen LogP contribution is 2.33. The van der Waals surface area contributed by atoms with Crippen LogP contribution in [0, 0.1) is 0 Å². The Balaban J connectivity index is 1.35. The summed E-state index contributed by atoms with van der Waals surface area (Å²) >= 11 is 0. The molecular formula is C23H28O6. The smallest absolute Gasteiger partial charge is 0.119 e. The van der Waals surface area contributed by atoms with Gasteiger partial charge in [-0.05, 0) is 35.4 Å². The van der Waals surface area contributed by atoms with Crippen LogP contribution >= 0.6 is 0 Å². The molecule has 2 heterocycles. The molecule has 6 nitrogen and oxygen atoms in total. The molecule has 0 spiro atoms. The lowest BCUT2D eigenvalue weighted by atomic mass is 9.78. The summed E-state index contributed by atoms with van der Waals surface area (Å²) in [5.41, 5.74) is 2.12. The number of hydrogen-bond acceptors (Lipinski definition) is 6. The van der Waals surface area contributed by atoms with Gasteiger partial charge in [0.05, 0.1) is 13.2 Å². The molecule has 2 aromatic rings. The van der Waals surface area contributed by atoms with E-state index in [1.165, 1.54) is 0 Å². The first kappa shape index (κ1) is 20.2. The fourth-order valence-electron chi connectivity index (χ4n) is 3.24. The fraction of sp³-hybridized carbons (Fsp3) is 0.478. The first-order chi connectivity index (χ1) is 13.9. The van der Waals surface area contributed by atoms with Gasteiger partial charge in [-0.1, -0.05) is 38.1 Å². The van der Waals surface area contributed by atoms with Gasteiger partial charge in [-0.15, -0.1) is 0 Å². The van der Waals surface area contributed by atoms with Gasteiger partial charge in [0.15, 0.2) is 0 Å². The van der Waals surface area contributed by atoms with Crippen molar-refractivity contribution in [1.29, 1.82) is 0 Å². The molecule has 0 saturated carbocycles. The second-order valence-electron chi connectivity index (χ2n) is 8.17. The van der Waals surface area contributed by atoms with E-state index in [1.807, 2.05) is 48.5 Å². The predicted octanol–water partition coefficient (Wildman–Crippen LogP) is 2.29. The Labute approximate surface area is 171 Å². The minimum absolute atomic E-state index is 0.0783. The quantitative estimate of drug-likeness (QED) is 0.596. The molecule has 0 amide bonds. The van der Waals surface area contributed by atoms with Crippen LogP contribution in [0.2, 0.25) is 0 Å². The maximum atomic E-state index is 9.82. The molecule has 2 N–H and O–H groups in total. The Morgan fingerprint density at radius 1 is 0.793 bits per heavy atom. The van der Waals surface area contributed by atoms with Crippen molar-refractivity contribution in [2.45, 2.75) is 43.7 Å². The average molecular weight is 400 g/mol. The van der Waals surface area contributed by atoms with Gasteiger partial charge < -0.3 is 29.2 Å². The molecule has 4 atom stereocenters. The lowest BCUT2D eigenvalue weighted by Crippen LogP contribution is -2.23. The molecular weight excluding hydrogens is 372 g/mol. The zero-order valence-corrected chi connectivity index (χ0v) is 16.8. The zero-order valence-electron chi connectivity index (χ0n) is 16.8. The molecule has 6 heteroatoms. The largest absolute Gasteiger partial charge is 0.491 e. The first-order valence-electron chi connectivity index (χ1n) is 9.99. The second kappa shape index (κ2) is 8.32. The van der Waals surface area contributed by atoms with Crippen molar-refractivity contribution < 1.29 is 29.2 Å².